The van der Waals surface area contributed by atoms with Gasteiger partial charge in [-0.25, -0.2) is 14.4 Å². The van der Waals surface area contributed by atoms with Crippen molar-refractivity contribution < 1.29 is 28.6 Å². The van der Waals surface area contributed by atoms with E-state index in [4.69, 9.17) is 14.2 Å². The molecule has 0 spiro atoms. The number of hydrogen-bond acceptors (Lipinski definition) is 6. The van der Waals surface area contributed by atoms with Crippen LogP contribution in [0, 0.1) is 0 Å². The van der Waals surface area contributed by atoms with E-state index in [2.05, 4.69) is 6.92 Å². The van der Waals surface area contributed by atoms with Gasteiger partial charge >= 0.3 is 17.9 Å². The van der Waals surface area contributed by atoms with Gasteiger partial charge in [0.25, 0.3) is 0 Å². The molecular formula is C16H26O6. The number of esters is 3. The Kier molecular flexibility index (Phi) is 11.8. The zero-order chi connectivity index (χ0) is 16.8. The van der Waals surface area contributed by atoms with Gasteiger partial charge in [-0.1, -0.05) is 33.1 Å². The lowest BCUT2D eigenvalue weighted by atomic mass is 10.2. The highest BCUT2D eigenvalue weighted by molar-refractivity contribution is 5.96. The number of ether oxygens (including phenoxy) is 3. The first-order valence-corrected chi connectivity index (χ1v) is 7.69. The largest absolute Gasteiger partial charge is 0.463 e. The Hall–Kier alpha value is -1.85. The van der Waals surface area contributed by atoms with Gasteiger partial charge in [0.05, 0.1) is 13.2 Å². The van der Waals surface area contributed by atoms with Crippen LogP contribution in [0.25, 0.3) is 0 Å². The molecule has 0 atom stereocenters. The molecule has 0 aliphatic carbocycles. The second-order valence-corrected chi connectivity index (χ2v) is 4.85. The highest BCUT2D eigenvalue weighted by Crippen LogP contribution is 2.00. The molecule has 6 heteroatoms. The third kappa shape index (κ3) is 10.9. The van der Waals surface area contributed by atoms with Gasteiger partial charge in [0.1, 0.15) is 0 Å². The SMILES string of the molecule is CCCCCCOC(=O)COC(=O)/C=C(/C)C(=O)OCCC. The molecule has 126 valence electrons. The average molecular weight is 314 g/mol. The van der Waals surface area contributed by atoms with Crippen LogP contribution in [0.5, 0.6) is 0 Å². The summed E-state index contributed by atoms with van der Waals surface area (Å²) in [7, 11) is 0. The predicted octanol–water partition coefficient (Wildman–Crippen LogP) is 2.55. The smallest absolute Gasteiger partial charge is 0.344 e. The van der Waals surface area contributed by atoms with Gasteiger partial charge in [0, 0.05) is 11.6 Å². The highest BCUT2D eigenvalue weighted by Gasteiger charge is 2.10. The van der Waals surface area contributed by atoms with Gasteiger partial charge in [-0.3, -0.25) is 0 Å². The van der Waals surface area contributed by atoms with E-state index < -0.39 is 24.5 Å². The molecule has 0 radical (unpaired) electrons. The second-order valence-electron chi connectivity index (χ2n) is 4.85. The van der Waals surface area contributed by atoms with Gasteiger partial charge in [-0.2, -0.15) is 0 Å². The molecule has 0 bridgehead atoms. The number of unbranched alkanes of at least 4 members (excludes halogenated alkanes) is 3. The van der Waals surface area contributed by atoms with Crippen LogP contribution in [0.3, 0.4) is 0 Å². The minimum atomic E-state index is -0.770. The Balaban J connectivity index is 3.91. The molecule has 0 amide bonds. The molecule has 0 unspecified atom stereocenters. The summed E-state index contributed by atoms with van der Waals surface area (Å²) >= 11 is 0. The first-order chi connectivity index (χ1) is 10.5. The Morgan fingerprint density at radius 3 is 2.23 bits per heavy atom. The monoisotopic (exact) mass is 314 g/mol. The Morgan fingerprint density at radius 1 is 0.864 bits per heavy atom. The molecule has 0 saturated heterocycles. The van der Waals surface area contributed by atoms with Crippen molar-refractivity contribution >= 4 is 17.9 Å². The minimum Gasteiger partial charge on any atom is -0.463 e. The van der Waals surface area contributed by atoms with E-state index in [1.807, 2.05) is 6.92 Å². The number of carbonyl (C=O) groups is 3. The van der Waals surface area contributed by atoms with Crippen molar-refractivity contribution in [3.63, 3.8) is 0 Å². The van der Waals surface area contributed by atoms with Crippen molar-refractivity contribution in [2.24, 2.45) is 0 Å². The van der Waals surface area contributed by atoms with Gasteiger partial charge in [0.15, 0.2) is 6.61 Å². The lowest BCUT2D eigenvalue weighted by Crippen LogP contribution is -2.17. The molecule has 0 rings (SSSR count). The van der Waals surface area contributed by atoms with E-state index in [9.17, 15) is 14.4 Å². The van der Waals surface area contributed by atoms with Crippen molar-refractivity contribution in [2.45, 2.75) is 52.9 Å². The third-order valence-corrected chi connectivity index (χ3v) is 2.69. The first-order valence-electron chi connectivity index (χ1n) is 7.69. The van der Waals surface area contributed by atoms with Gasteiger partial charge in [-0.05, 0) is 19.8 Å². The Bertz CT molecular complexity index is 386. The summed E-state index contributed by atoms with van der Waals surface area (Å²) < 4.78 is 14.5. The maximum atomic E-state index is 11.4. The summed E-state index contributed by atoms with van der Waals surface area (Å²) in [6.07, 6.45) is 5.73. The molecule has 0 saturated carbocycles. The van der Waals surface area contributed by atoms with Crippen molar-refractivity contribution in [3.8, 4) is 0 Å². The molecule has 0 fully saturated rings. The molecule has 0 aromatic carbocycles. The molecule has 0 aliphatic heterocycles. The van der Waals surface area contributed by atoms with Crippen molar-refractivity contribution in [2.75, 3.05) is 19.8 Å². The van der Waals surface area contributed by atoms with E-state index in [1.165, 1.54) is 6.92 Å². The molecule has 0 aromatic heterocycles. The van der Waals surface area contributed by atoms with Crippen molar-refractivity contribution in [1.82, 2.24) is 0 Å². The van der Waals surface area contributed by atoms with Crippen LogP contribution in [0.15, 0.2) is 11.6 Å². The average Bonchev–Trinajstić information content (AvgIpc) is 2.50. The zero-order valence-electron chi connectivity index (χ0n) is 13.7. The lowest BCUT2D eigenvalue weighted by molar-refractivity contribution is -0.156. The van der Waals surface area contributed by atoms with E-state index >= 15 is 0 Å². The van der Waals surface area contributed by atoms with Crippen LogP contribution in [0.4, 0.5) is 0 Å². The van der Waals surface area contributed by atoms with E-state index in [-0.39, 0.29) is 5.57 Å². The van der Waals surface area contributed by atoms with Crippen molar-refractivity contribution in [1.29, 1.82) is 0 Å². The summed E-state index contributed by atoms with van der Waals surface area (Å²) in [6, 6.07) is 0. The van der Waals surface area contributed by atoms with E-state index in [1.54, 1.807) is 0 Å². The van der Waals surface area contributed by atoms with Crippen LogP contribution < -0.4 is 0 Å². The molecular weight excluding hydrogens is 288 g/mol. The standard InChI is InChI=1S/C16H26O6/c1-4-6-7-8-10-20-15(18)12-22-14(17)11-13(3)16(19)21-9-5-2/h11H,4-10,12H2,1-3H3/b13-11-. The fraction of sp³-hybridized carbons (Fsp3) is 0.688. The lowest BCUT2D eigenvalue weighted by Gasteiger charge is -2.05. The van der Waals surface area contributed by atoms with Crippen LogP contribution in [-0.2, 0) is 28.6 Å². The number of rotatable bonds is 11. The maximum absolute atomic E-state index is 11.4. The summed E-state index contributed by atoms with van der Waals surface area (Å²) in [5.74, 6) is -1.93. The normalized spacial score (nSPS) is 11.0. The first kappa shape index (κ1) is 20.1. The maximum Gasteiger partial charge on any atom is 0.344 e. The number of hydrogen-bond donors (Lipinski definition) is 0. The predicted molar refractivity (Wildman–Crippen MR) is 81.1 cm³/mol. The second kappa shape index (κ2) is 12.9. The molecule has 0 aromatic rings. The van der Waals surface area contributed by atoms with E-state index in [0.717, 1.165) is 31.8 Å². The summed E-state index contributed by atoms with van der Waals surface area (Å²) in [5, 5.41) is 0. The fourth-order valence-electron chi connectivity index (χ4n) is 1.47. The number of carbonyl (C=O) groups excluding carboxylic acids is 3. The van der Waals surface area contributed by atoms with Crippen molar-refractivity contribution in [3.05, 3.63) is 11.6 Å². The Morgan fingerprint density at radius 2 is 1.59 bits per heavy atom. The molecule has 0 aliphatic rings. The molecule has 6 nitrogen and oxygen atoms in total. The van der Waals surface area contributed by atoms with Gasteiger partial charge < -0.3 is 14.2 Å². The third-order valence-electron chi connectivity index (χ3n) is 2.69. The van der Waals surface area contributed by atoms with Gasteiger partial charge in [0.2, 0.25) is 0 Å². The van der Waals surface area contributed by atoms with Crippen LogP contribution in [0.2, 0.25) is 0 Å². The summed E-state index contributed by atoms with van der Waals surface area (Å²) in [5.41, 5.74) is 0.131. The van der Waals surface area contributed by atoms with Crippen LogP contribution in [0.1, 0.15) is 52.9 Å². The quantitative estimate of drug-likeness (QED) is 0.252. The molecule has 22 heavy (non-hydrogen) atoms. The minimum absolute atomic E-state index is 0.131. The summed E-state index contributed by atoms with van der Waals surface area (Å²) in [4.78, 5) is 34.2. The van der Waals surface area contributed by atoms with E-state index in [0.29, 0.717) is 19.6 Å². The van der Waals surface area contributed by atoms with Crippen LogP contribution in [-0.4, -0.2) is 37.7 Å². The highest BCUT2D eigenvalue weighted by atomic mass is 16.6. The fourth-order valence-corrected chi connectivity index (χ4v) is 1.47. The summed E-state index contributed by atoms with van der Waals surface area (Å²) in [6.45, 7) is 5.58. The topological polar surface area (TPSA) is 78.9 Å². The van der Waals surface area contributed by atoms with Gasteiger partial charge in [-0.15, -0.1) is 0 Å². The van der Waals surface area contributed by atoms with Crippen LogP contribution >= 0.6 is 0 Å². The molecule has 0 heterocycles. The Labute approximate surface area is 131 Å². The zero-order valence-corrected chi connectivity index (χ0v) is 13.7. The molecule has 0 N–H and O–H groups in total.